The molecule has 0 bridgehead atoms. The van der Waals surface area contributed by atoms with Gasteiger partial charge in [0, 0.05) is 27.5 Å². The number of hydrogen-bond acceptors (Lipinski definition) is 2. The fourth-order valence-electron chi connectivity index (χ4n) is 11.6. The summed E-state index contributed by atoms with van der Waals surface area (Å²) < 4.78 is 0. The summed E-state index contributed by atoms with van der Waals surface area (Å²) in [5.74, 6) is 0.716. The molecule has 2 aliphatic carbocycles. The number of nitrogens with zero attached hydrogens (tertiary/aromatic N) is 2. The smallest absolute Gasteiger partial charge is 0.160 e. The van der Waals surface area contributed by atoms with Crippen LogP contribution in [0.4, 0.5) is 0 Å². The van der Waals surface area contributed by atoms with Crippen LogP contribution in [0.5, 0.6) is 0 Å². The molecule has 2 aliphatic rings. The minimum atomic E-state index is -0.116. The third-order valence-corrected chi connectivity index (χ3v) is 14.9. The zero-order chi connectivity index (χ0) is 44.3. The highest BCUT2D eigenvalue weighted by atomic mass is 14.9. The Labute approximate surface area is 385 Å². The second-order valence-corrected chi connectivity index (χ2v) is 19.2. The molecule has 13 rings (SSSR count). The van der Waals surface area contributed by atoms with Crippen LogP contribution in [0.15, 0.2) is 206 Å². The number of benzene rings is 10. The maximum Gasteiger partial charge on any atom is 0.160 e. The summed E-state index contributed by atoms with van der Waals surface area (Å²) in [6.07, 6.45) is 0. The number of fused-ring (bicyclic) bond motifs is 10. The molecular weight excluding hydrogens is 797 g/mol. The molecule has 0 fully saturated rings. The van der Waals surface area contributed by atoms with Crippen LogP contribution < -0.4 is 0 Å². The van der Waals surface area contributed by atoms with Gasteiger partial charge in [-0.15, -0.1) is 0 Å². The van der Waals surface area contributed by atoms with Gasteiger partial charge in [0.2, 0.25) is 0 Å². The molecule has 0 saturated heterocycles. The lowest BCUT2D eigenvalue weighted by Crippen LogP contribution is -2.15. The van der Waals surface area contributed by atoms with Crippen LogP contribution in [0.3, 0.4) is 0 Å². The Hall–Kier alpha value is -7.94. The van der Waals surface area contributed by atoms with E-state index in [0.717, 1.165) is 33.5 Å². The Balaban J connectivity index is 0.958. The topological polar surface area (TPSA) is 25.8 Å². The van der Waals surface area contributed by atoms with Crippen molar-refractivity contribution in [1.82, 2.24) is 9.97 Å². The zero-order valence-corrected chi connectivity index (χ0v) is 37.5. The van der Waals surface area contributed by atoms with Crippen LogP contribution in [-0.2, 0) is 10.8 Å². The highest BCUT2D eigenvalue weighted by Crippen LogP contribution is 2.54. The van der Waals surface area contributed by atoms with E-state index in [-0.39, 0.29) is 10.8 Å². The van der Waals surface area contributed by atoms with Crippen LogP contribution in [-0.4, -0.2) is 9.97 Å². The SMILES string of the molecule is CC1(C)c2ccccc2-c2c(-c3cc(-c4ccc(-c5ccc(-c6ccc7c(c6)C(C)(C)c6ccc8ccccc8c6-7)c6ccccc56)c5ccccc45)nc(-c4ccccc4)n3)cccc21. The fourth-order valence-corrected chi connectivity index (χ4v) is 11.6. The van der Waals surface area contributed by atoms with Crippen molar-refractivity contribution >= 4 is 32.3 Å². The van der Waals surface area contributed by atoms with Gasteiger partial charge in [0.1, 0.15) is 0 Å². The molecule has 0 N–H and O–H groups in total. The van der Waals surface area contributed by atoms with Gasteiger partial charge in [-0.05, 0) is 111 Å². The summed E-state index contributed by atoms with van der Waals surface area (Å²) >= 11 is 0. The van der Waals surface area contributed by atoms with Crippen molar-refractivity contribution in [3.63, 3.8) is 0 Å². The second-order valence-electron chi connectivity index (χ2n) is 19.2. The molecule has 1 heterocycles. The lowest BCUT2D eigenvalue weighted by atomic mass is 9.81. The first kappa shape index (κ1) is 38.5. The molecule has 11 aromatic rings. The van der Waals surface area contributed by atoms with Crippen LogP contribution in [0.1, 0.15) is 49.9 Å². The van der Waals surface area contributed by atoms with Gasteiger partial charge in [0.15, 0.2) is 5.82 Å². The highest BCUT2D eigenvalue weighted by molar-refractivity contribution is 6.12. The summed E-state index contributed by atoms with van der Waals surface area (Å²) in [5.41, 5.74) is 20.4. The van der Waals surface area contributed by atoms with Crippen molar-refractivity contribution in [2.24, 2.45) is 0 Å². The third kappa shape index (κ3) is 5.61. The summed E-state index contributed by atoms with van der Waals surface area (Å²) in [7, 11) is 0. The predicted octanol–water partition coefficient (Wildman–Crippen LogP) is 16.9. The van der Waals surface area contributed by atoms with Crippen LogP contribution in [0.2, 0.25) is 0 Å². The maximum absolute atomic E-state index is 5.37. The van der Waals surface area contributed by atoms with E-state index in [4.69, 9.17) is 9.97 Å². The molecule has 0 spiro atoms. The summed E-state index contributed by atoms with van der Waals surface area (Å²) in [5, 5.41) is 7.44. The summed E-state index contributed by atoms with van der Waals surface area (Å²) in [6.45, 7) is 9.43. The van der Waals surface area contributed by atoms with Gasteiger partial charge < -0.3 is 0 Å². The first-order valence-corrected chi connectivity index (χ1v) is 23.2. The minimum Gasteiger partial charge on any atom is -0.228 e. The lowest BCUT2D eigenvalue weighted by Gasteiger charge is -2.22. The predicted molar refractivity (Wildman–Crippen MR) is 277 cm³/mol. The molecule has 0 unspecified atom stereocenters. The quantitative estimate of drug-likeness (QED) is 0.172. The van der Waals surface area contributed by atoms with Crippen molar-refractivity contribution in [2.75, 3.05) is 0 Å². The Morgan fingerprint density at radius 2 is 0.788 bits per heavy atom. The Morgan fingerprint density at radius 3 is 1.53 bits per heavy atom. The van der Waals surface area contributed by atoms with Crippen LogP contribution in [0.25, 0.3) is 111 Å². The largest absolute Gasteiger partial charge is 0.228 e. The first-order chi connectivity index (χ1) is 32.3. The van der Waals surface area contributed by atoms with Gasteiger partial charge in [0.05, 0.1) is 11.4 Å². The van der Waals surface area contributed by atoms with Gasteiger partial charge in [-0.1, -0.05) is 222 Å². The lowest BCUT2D eigenvalue weighted by molar-refractivity contribution is 0.660. The average molecular weight is 843 g/mol. The second kappa shape index (κ2) is 14.3. The van der Waals surface area contributed by atoms with Crippen molar-refractivity contribution in [1.29, 1.82) is 0 Å². The highest BCUT2D eigenvalue weighted by Gasteiger charge is 2.38. The molecule has 0 saturated carbocycles. The van der Waals surface area contributed by atoms with Crippen LogP contribution >= 0.6 is 0 Å². The van der Waals surface area contributed by atoms with Gasteiger partial charge in [-0.25, -0.2) is 9.97 Å². The van der Waals surface area contributed by atoms with Crippen molar-refractivity contribution in [3.05, 3.63) is 229 Å². The molecule has 66 heavy (non-hydrogen) atoms. The van der Waals surface area contributed by atoms with E-state index in [1.54, 1.807) is 0 Å². The molecule has 2 nitrogen and oxygen atoms in total. The Bertz CT molecular complexity index is 3820. The van der Waals surface area contributed by atoms with Crippen molar-refractivity contribution in [3.8, 4) is 78.4 Å². The molecular formula is C64H46N2. The molecule has 0 radical (unpaired) electrons. The van der Waals surface area contributed by atoms with E-state index < -0.39 is 0 Å². The maximum atomic E-state index is 5.37. The molecule has 2 heteroatoms. The van der Waals surface area contributed by atoms with Gasteiger partial charge in [0.25, 0.3) is 0 Å². The van der Waals surface area contributed by atoms with E-state index in [0.29, 0.717) is 5.82 Å². The van der Waals surface area contributed by atoms with Crippen LogP contribution in [0, 0.1) is 0 Å². The summed E-state index contributed by atoms with van der Waals surface area (Å²) in [6, 6.07) is 75.8. The van der Waals surface area contributed by atoms with E-state index in [9.17, 15) is 0 Å². The van der Waals surface area contributed by atoms with E-state index in [1.165, 1.54) is 93.7 Å². The van der Waals surface area contributed by atoms with E-state index >= 15 is 0 Å². The minimum absolute atomic E-state index is 0.114. The zero-order valence-electron chi connectivity index (χ0n) is 37.5. The normalized spacial score (nSPS) is 14.0. The van der Waals surface area contributed by atoms with Gasteiger partial charge >= 0.3 is 0 Å². The van der Waals surface area contributed by atoms with E-state index in [1.807, 2.05) is 6.07 Å². The van der Waals surface area contributed by atoms with Crippen molar-refractivity contribution in [2.45, 2.75) is 38.5 Å². The average Bonchev–Trinajstić information content (AvgIpc) is 3.75. The molecule has 1 aromatic heterocycles. The first-order valence-electron chi connectivity index (χ1n) is 23.2. The van der Waals surface area contributed by atoms with Gasteiger partial charge in [-0.3, -0.25) is 0 Å². The monoisotopic (exact) mass is 842 g/mol. The number of rotatable bonds is 5. The van der Waals surface area contributed by atoms with Gasteiger partial charge in [-0.2, -0.15) is 0 Å². The molecule has 0 amide bonds. The molecule has 0 atom stereocenters. The third-order valence-electron chi connectivity index (χ3n) is 14.9. The van der Waals surface area contributed by atoms with E-state index in [2.05, 4.69) is 228 Å². The fraction of sp³-hybridized carbons (Fsp3) is 0.0938. The Morgan fingerprint density at radius 1 is 0.288 bits per heavy atom. The summed E-state index contributed by atoms with van der Waals surface area (Å²) in [4.78, 5) is 10.7. The number of hydrogen-bond donors (Lipinski definition) is 0. The number of aromatic nitrogens is 2. The standard InChI is InChI=1S/C64H46N2/c1-63(2)54-27-15-14-25-51(54)61-53(26-16-28-55(61)63)59-38-58(65-62(66-59)40-18-6-5-7-19-40)50-35-34-49(46-23-12-13-24-47(46)50)48-33-32-42(44-21-10-11-22-45(44)48)41-29-31-52-57(37-41)64(3,4)56-36-30-39-17-8-9-20-43(39)60(52)56/h5-38H,1-4H3. The molecule has 312 valence electrons. The Kier molecular flexibility index (Phi) is 8.33. The molecule has 10 aromatic carbocycles. The molecule has 0 aliphatic heterocycles. The van der Waals surface area contributed by atoms with Crippen molar-refractivity contribution < 1.29 is 0 Å².